The number of esters is 1. The van der Waals surface area contributed by atoms with Crippen molar-refractivity contribution in [3.05, 3.63) is 53.5 Å². The molecule has 1 N–H and O–H groups in total. The van der Waals surface area contributed by atoms with Gasteiger partial charge in [-0.25, -0.2) is 4.79 Å². The van der Waals surface area contributed by atoms with Gasteiger partial charge in [-0.15, -0.1) is 0 Å². The van der Waals surface area contributed by atoms with E-state index in [2.05, 4.69) is 10.1 Å². The molecular formula is C17H19NO5. The van der Waals surface area contributed by atoms with Gasteiger partial charge >= 0.3 is 5.97 Å². The van der Waals surface area contributed by atoms with Crippen molar-refractivity contribution >= 4 is 11.9 Å². The van der Waals surface area contributed by atoms with Crippen LogP contribution in [0.25, 0.3) is 0 Å². The third-order valence-electron chi connectivity index (χ3n) is 3.18. The maximum Gasteiger partial charge on any atom is 0.373 e. The summed E-state index contributed by atoms with van der Waals surface area (Å²) < 4.78 is 15.7. The third kappa shape index (κ3) is 4.12. The SMILES string of the molecule is CCNC(=O)c1ccc(O[C@@H](C)c2ccc(C(=O)OC)o2)cc1. The molecule has 6 nitrogen and oxygen atoms in total. The van der Waals surface area contributed by atoms with Crippen molar-refractivity contribution in [2.24, 2.45) is 0 Å². The molecule has 0 spiro atoms. The summed E-state index contributed by atoms with van der Waals surface area (Å²) in [7, 11) is 1.29. The van der Waals surface area contributed by atoms with Crippen LogP contribution >= 0.6 is 0 Å². The lowest BCUT2D eigenvalue weighted by Gasteiger charge is -2.12. The molecule has 2 rings (SSSR count). The molecule has 23 heavy (non-hydrogen) atoms. The number of hydrogen-bond acceptors (Lipinski definition) is 5. The Morgan fingerprint density at radius 1 is 1.17 bits per heavy atom. The smallest absolute Gasteiger partial charge is 0.373 e. The molecule has 0 bridgehead atoms. The average Bonchev–Trinajstić information content (AvgIpc) is 3.05. The molecule has 1 heterocycles. The van der Waals surface area contributed by atoms with Crippen LogP contribution in [0.5, 0.6) is 5.75 Å². The molecule has 6 heteroatoms. The van der Waals surface area contributed by atoms with E-state index in [-0.39, 0.29) is 17.8 Å². The molecule has 0 aliphatic rings. The lowest BCUT2D eigenvalue weighted by molar-refractivity contribution is 0.0558. The molecule has 0 aliphatic carbocycles. The van der Waals surface area contributed by atoms with Crippen LogP contribution in [0.1, 0.15) is 46.6 Å². The maximum atomic E-state index is 11.7. The van der Waals surface area contributed by atoms with Gasteiger partial charge in [-0.3, -0.25) is 4.79 Å². The predicted molar refractivity (Wildman–Crippen MR) is 83.5 cm³/mol. The van der Waals surface area contributed by atoms with Crippen LogP contribution in [-0.2, 0) is 4.74 Å². The topological polar surface area (TPSA) is 77.8 Å². The van der Waals surface area contributed by atoms with E-state index in [0.29, 0.717) is 23.6 Å². The van der Waals surface area contributed by atoms with Gasteiger partial charge in [-0.05, 0) is 50.2 Å². The number of carbonyl (C=O) groups is 2. The van der Waals surface area contributed by atoms with E-state index in [9.17, 15) is 9.59 Å². The van der Waals surface area contributed by atoms with E-state index in [4.69, 9.17) is 9.15 Å². The Morgan fingerprint density at radius 2 is 1.87 bits per heavy atom. The lowest BCUT2D eigenvalue weighted by atomic mass is 10.2. The summed E-state index contributed by atoms with van der Waals surface area (Å²) in [5.74, 6) is 0.583. The van der Waals surface area contributed by atoms with Gasteiger partial charge in [0.15, 0.2) is 6.10 Å². The standard InChI is InChI=1S/C17H19NO5/c1-4-18-16(19)12-5-7-13(8-6-12)22-11(2)14-9-10-15(23-14)17(20)21-3/h5-11H,4H2,1-3H3,(H,18,19)/t11-/m0/s1. The Balaban J connectivity index is 2.02. The third-order valence-corrected chi connectivity index (χ3v) is 3.18. The predicted octanol–water partition coefficient (Wildman–Crippen LogP) is 2.96. The molecule has 1 atom stereocenters. The van der Waals surface area contributed by atoms with Gasteiger partial charge in [0, 0.05) is 12.1 Å². The molecule has 1 aromatic heterocycles. The number of ether oxygens (including phenoxy) is 2. The summed E-state index contributed by atoms with van der Waals surface area (Å²) in [6.45, 7) is 4.25. The monoisotopic (exact) mass is 317 g/mol. The zero-order valence-corrected chi connectivity index (χ0v) is 13.3. The highest BCUT2D eigenvalue weighted by Crippen LogP contribution is 2.24. The number of hydrogen-bond donors (Lipinski definition) is 1. The van der Waals surface area contributed by atoms with Crippen LogP contribution in [0.2, 0.25) is 0 Å². The average molecular weight is 317 g/mol. The van der Waals surface area contributed by atoms with Crippen LogP contribution in [0.4, 0.5) is 0 Å². The Labute approximate surface area is 134 Å². The molecule has 0 saturated heterocycles. The number of rotatable bonds is 6. The van der Waals surface area contributed by atoms with Crippen molar-refractivity contribution in [3.63, 3.8) is 0 Å². The van der Waals surface area contributed by atoms with Gasteiger partial charge in [0.2, 0.25) is 5.76 Å². The molecule has 0 radical (unpaired) electrons. The minimum atomic E-state index is -0.533. The highest BCUT2D eigenvalue weighted by atomic mass is 16.5. The second kappa shape index (κ2) is 7.49. The fourth-order valence-corrected chi connectivity index (χ4v) is 1.99. The fourth-order valence-electron chi connectivity index (χ4n) is 1.99. The largest absolute Gasteiger partial charge is 0.483 e. The number of methoxy groups -OCH3 is 1. The van der Waals surface area contributed by atoms with Crippen molar-refractivity contribution in [2.75, 3.05) is 13.7 Å². The first-order chi connectivity index (χ1) is 11.0. The number of amides is 1. The van der Waals surface area contributed by atoms with Gasteiger partial charge in [0.1, 0.15) is 11.5 Å². The summed E-state index contributed by atoms with van der Waals surface area (Å²) in [5, 5.41) is 2.73. The minimum Gasteiger partial charge on any atom is -0.483 e. The van der Waals surface area contributed by atoms with Crippen molar-refractivity contribution in [1.29, 1.82) is 0 Å². The van der Waals surface area contributed by atoms with E-state index < -0.39 is 5.97 Å². The second-order valence-electron chi connectivity index (χ2n) is 4.84. The molecule has 0 fully saturated rings. The van der Waals surface area contributed by atoms with Gasteiger partial charge in [0.25, 0.3) is 5.91 Å². The van der Waals surface area contributed by atoms with Gasteiger partial charge in [-0.1, -0.05) is 0 Å². The van der Waals surface area contributed by atoms with E-state index in [1.165, 1.54) is 7.11 Å². The zero-order chi connectivity index (χ0) is 16.8. The fraction of sp³-hybridized carbons (Fsp3) is 0.294. The Kier molecular flexibility index (Phi) is 5.41. The minimum absolute atomic E-state index is 0.124. The molecule has 1 amide bonds. The first kappa shape index (κ1) is 16.6. The Morgan fingerprint density at radius 3 is 2.48 bits per heavy atom. The summed E-state index contributed by atoms with van der Waals surface area (Å²) in [6, 6.07) is 10.0. The number of furan rings is 1. The van der Waals surface area contributed by atoms with Gasteiger partial charge in [0.05, 0.1) is 7.11 Å². The number of carbonyl (C=O) groups excluding carboxylic acids is 2. The molecule has 1 aromatic carbocycles. The highest BCUT2D eigenvalue weighted by Gasteiger charge is 2.16. The number of nitrogens with one attached hydrogen (secondary N) is 1. The van der Waals surface area contributed by atoms with Crippen molar-refractivity contribution in [2.45, 2.75) is 20.0 Å². The molecule has 0 aliphatic heterocycles. The first-order valence-electron chi connectivity index (χ1n) is 7.28. The zero-order valence-electron chi connectivity index (χ0n) is 13.3. The molecule has 122 valence electrons. The van der Waals surface area contributed by atoms with Crippen LogP contribution in [-0.4, -0.2) is 25.5 Å². The number of benzene rings is 1. The highest BCUT2D eigenvalue weighted by molar-refractivity contribution is 5.94. The van der Waals surface area contributed by atoms with Crippen molar-refractivity contribution in [3.8, 4) is 5.75 Å². The summed E-state index contributed by atoms with van der Waals surface area (Å²) in [4.78, 5) is 23.1. The lowest BCUT2D eigenvalue weighted by Crippen LogP contribution is -2.22. The normalized spacial score (nSPS) is 11.6. The molecule has 0 saturated carbocycles. The summed E-state index contributed by atoms with van der Waals surface area (Å²) in [6.07, 6.45) is -0.385. The quantitative estimate of drug-likeness (QED) is 0.829. The molecule has 2 aromatic rings. The van der Waals surface area contributed by atoms with Crippen LogP contribution in [0, 0.1) is 0 Å². The summed E-state index contributed by atoms with van der Waals surface area (Å²) >= 11 is 0. The van der Waals surface area contributed by atoms with Crippen LogP contribution in [0.15, 0.2) is 40.8 Å². The molecule has 0 unspecified atom stereocenters. The first-order valence-corrected chi connectivity index (χ1v) is 7.28. The maximum absolute atomic E-state index is 11.7. The van der Waals surface area contributed by atoms with Crippen molar-refractivity contribution < 1.29 is 23.5 Å². The van der Waals surface area contributed by atoms with E-state index in [1.54, 1.807) is 43.3 Å². The second-order valence-corrected chi connectivity index (χ2v) is 4.84. The van der Waals surface area contributed by atoms with Crippen LogP contribution in [0.3, 0.4) is 0 Å². The van der Waals surface area contributed by atoms with Gasteiger partial charge in [-0.2, -0.15) is 0 Å². The Bertz CT molecular complexity index is 675. The van der Waals surface area contributed by atoms with E-state index >= 15 is 0 Å². The van der Waals surface area contributed by atoms with E-state index in [0.717, 1.165) is 0 Å². The van der Waals surface area contributed by atoms with Gasteiger partial charge < -0.3 is 19.2 Å². The van der Waals surface area contributed by atoms with Crippen molar-refractivity contribution in [1.82, 2.24) is 5.32 Å². The summed E-state index contributed by atoms with van der Waals surface area (Å²) in [5.41, 5.74) is 0.567. The molecular weight excluding hydrogens is 298 g/mol. The van der Waals surface area contributed by atoms with Crippen LogP contribution < -0.4 is 10.1 Å². The Hall–Kier alpha value is -2.76. The van der Waals surface area contributed by atoms with E-state index in [1.807, 2.05) is 6.92 Å².